The van der Waals surface area contributed by atoms with Gasteiger partial charge in [-0.3, -0.25) is 4.90 Å². The average Bonchev–Trinajstić information content (AvgIpc) is 3.28. The minimum atomic E-state index is 0.294. The molecule has 0 spiro atoms. The van der Waals surface area contributed by atoms with Crippen molar-refractivity contribution < 1.29 is 4.42 Å². The van der Waals surface area contributed by atoms with E-state index >= 15 is 0 Å². The zero-order valence-electron chi connectivity index (χ0n) is 13.2. The average molecular weight is 360 g/mol. The number of rotatable bonds is 4. The molecule has 6 heteroatoms. The van der Waals surface area contributed by atoms with Gasteiger partial charge in [-0.1, -0.05) is 35.9 Å². The fraction of sp³-hybridized carbons (Fsp3) is 0.333. The van der Waals surface area contributed by atoms with Gasteiger partial charge in [0.1, 0.15) is 0 Å². The van der Waals surface area contributed by atoms with Crippen LogP contribution in [0, 0.1) is 0 Å². The van der Waals surface area contributed by atoms with E-state index in [0.29, 0.717) is 11.8 Å². The molecule has 3 heterocycles. The van der Waals surface area contributed by atoms with Crippen molar-refractivity contribution in [2.75, 3.05) is 13.1 Å². The van der Waals surface area contributed by atoms with Crippen LogP contribution in [0.1, 0.15) is 30.2 Å². The lowest BCUT2D eigenvalue weighted by Gasteiger charge is -2.31. The first-order valence-corrected chi connectivity index (χ1v) is 9.38. The molecule has 124 valence electrons. The zero-order valence-corrected chi connectivity index (χ0v) is 14.8. The molecule has 1 aliphatic heterocycles. The summed E-state index contributed by atoms with van der Waals surface area (Å²) in [6.07, 6.45) is 2.22. The van der Waals surface area contributed by atoms with E-state index in [1.807, 2.05) is 35.7 Å². The van der Waals surface area contributed by atoms with Crippen molar-refractivity contribution in [2.24, 2.45) is 0 Å². The van der Waals surface area contributed by atoms with Crippen LogP contribution in [0.5, 0.6) is 0 Å². The first-order chi connectivity index (χ1) is 11.8. The lowest BCUT2D eigenvalue weighted by molar-refractivity contribution is 0.186. The van der Waals surface area contributed by atoms with Crippen molar-refractivity contribution in [3.63, 3.8) is 0 Å². The Bertz CT molecular complexity index is 802. The second-order valence-corrected chi connectivity index (χ2v) is 7.44. The summed E-state index contributed by atoms with van der Waals surface area (Å²) >= 11 is 7.91. The molecule has 1 unspecified atom stereocenters. The van der Waals surface area contributed by atoms with Gasteiger partial charge in [0.25, 0.3) is 5.89 Å². The maximum Gasteiger partial charge on any atom is 0.257 e. The molecule has 24 heavy (non-hydrogen) atoms. The molecule has 0 aliphatic carbocycles. The number of likely N-dealkylation sites (tertiary alicyclic amines) is 1. The Morgan fingerprint density at radius 2 is 2.12 bits per heavy atom. The third kappa shape index (κ3) is 3.38. The molecule has 3 aromatic rings. The summed E-state index contributed by atoms with van der Waals surface area (Å²) in [7, 11) is 0. The lowest BCUT2D eigenvalue weighted by atomic mass is 9.97. The molecule has 1 saturated heterocycles. The van der Waals surface area contributed by atoms with Gasteiger partial charge in [0.2, 0.25) is 5.89 Å². The van der Waals surface area contributed by atoms with Crippen LogP contribution in [0.3, 0.4) is 0 Å². The third-order valence-electron chi connectivity index (χ3n) is 4.38. The van der Waals surface area contributed by atoms with Crippen LogP contribution in [-0.2, 0) is 6.54 Å². The maximum atomic E-state index is 6.29. The normalized spacial score (nSPS) is 18.8. The number of nitrogens with zero attached hydrogens (tertiary/aromatic N) is 3. The highest BCUT2D eigenvalue weighted by atomic mass is 35.5. The van der Waals surface area contributed by atoms with E-state index in [1.165, 1.54) is 5.56 Å². The molecule has 1 aromatic carbocycles. The number of aromatic nitrogens is 2. The third-order valence-corrected chi connectivity index (χ3v) is 5.61. The predicted octanol–water partition coefficient (Wildman–Crippen LogP) is 4.83. The Balaban J connectivity index is 1.46. The van der Waals surface area contributed by atoms with E-state index < -0.39 is 0 Å². The van der Waals surface area contributed by atoms with Crippen molar-refractivity contribution in [1.29, 1.82) is 0 Å². The second kappa shape index (κ2) is 7.05. The van der Waals surface area contributed by atoms with Crippen LogP contribution in [-0.4, -0.2) is 28.2 Å². The van der Waals surface area contributed by atoms with Gasteiger partial charge in [-0.15, -0.1) is 21.5 Å². The highest BCUT2D eigenvalue weighted by Gasteiger charge is 2.26. The number of hydrogen-bond acceptors (Lipinski definition) is 5. The largest absolute Gasteiger partial charge is 0.420 e. The van der Waals surface area contributed by atoms with E-state index in [-0.39, 0.29) is 0 Å². The Morgan fingerprint density at radius 1 is 1.21 bits per heavy atom. The first-order valence-electron chi connectivity index (χ1n) is 8.12. The van der Waals surface area contributed by atoms with Crippen molar-refractivity contribution in [3.8, 4) is 10.8 Å². The van der Waals surface area contributed by atoms with E-state index in [2.05, 4.69) is 21.2 Å². The van der Waals surface area contributed by atoms with Crippen LogP contribution in [0.2, 0.25) is 5.02 Å². The molecule has 0 amide bonds. The van der Waals surface area contributed by atoms with Crippen LogP contribution in [0.25, 0.3) is 10.8 Å². The minimum Gasteiger partial charge on any atom is -0.420 e. The highest BCUT2D eigenvalue weighted by molar-refractivity contribution is 7.13. The van der Waals surface area contributed by atoms with E-state index in [4.69, 9.17) is 16.0 Å². The van der Waals surface area contributed by atoms with Gasteiger partial charge < -0.3 is 4.42 Å². The van der Waals surface area contributed by atoms with Gasteiger partial charge in [-0.25, -0.2) is 0 Å². The maximum absolute atomic E-state index is 6.29. The van der Waals surface area contributed by atoms with Gasteiger partial charge in [-0.05, 0) is 42.5 Å². The molecule has 0 saturated carbocycles. The summed E-state index contributed by atoms with van der Waals surface area (Å²) in [5.41, 5.74) is 1.17. The lowest BCUT2D eigenvalue weighted by Crippen LogP contribution is -2.34. The summed E-state index contributed by atoms with van der Waals surface area (Å²) in [6, 6.07) is 12.0. The molecule has 2 aromatic heterocycles. The van der Waals surface area contributed by atoms with Gasteiger partial charge in [0.15, 0.2) is 0 Å². The Hall–Kier alpha value is -1.69. The summed E-state index contributed by atoms with van der Waals surface area (Å²) < 4.78 is 5.93. The van der Waals surface area contributed by atoms with Gasteiger partial charge >= 0.3 is 0 Å². The molecule has 1 atom stereocenters. The smallest absolute Gasteiger partial charge is 0.257 e. The van der Waals surface area contributed by atoms with Gasteiger partial charge in [-0.2, -0.15) is 0 Å². The Labute approximate surface area is 150 Å². The Kier molecular flexibility index (Phi) is 4.65. The predicted molar refractivity (Wildman–Crippen MR) is 96.3 cm³/mol. The van der Waals surface area contributed by atoms with E-state index in [0.717, 1.165) is 48.3 Å². The summed E-state index contributed by atoms with van der Waals surface area (Å²) in [4.78, 5) is 3.45. The summed E-state index contributed by atoms with van der Waals surface area (Å²) in [5.74, 6) is 1.67. The van der Waals surface area contributed by atoms with Gasteiger partial charge in [0, 0.05) is 18.1 Å². The van der Waals surface area contributed by atoms with Crippen LogP contribution >= 0.6 is 22.9 Å². The first kappa shape index (κ1) is 15.8. The zero-order chi connectivity index (χ0) is 16.4. The van der Waals surface area contributed by atoms with E-state index in [1.54, 1.807) is 11.3 Å². The molecule has 1 fully saturated rings. The fourth-order valence-electron chi connectivity index (χ4n) is 3.17. The van der Waals surface area contributed by atoms with Crippen molar-refractivity contribution in [3.05, 3.63) is 58.3 Å². The second-order valence-electron chi connectivity index (χ2n) is 6.09. The number of halogens is 1. The topological polar surface area (TPSA) is 42.2 Å². The molecule has 1 aliphatic rings. The quantitative estimate of drug-likeness (QED) is 0.669. The fourth-order valence-corrected chi connectivity index (χ4v) is 4.01. The van der Waals surface area contributed by atoms with Crippen molar-refractivity contribution in [1.82, 2.24) is 15.1 Å². The van der Waals surface area contributed by atoms with Crippen LogP contribution < -0.4 is 0 Å². The number of benzene rings is 1. The molecular formula is C18H18ClN3OS. The number of thiophene rings is 1. The standard InChI is InChI=1S/C18H18ClN3OS/c19-15-7-2-1-5-13(15)11-22-9-3-6-14(12-22)17-20-21-18(23-17)16-8-4-10-24-16/h1-2,4-5,7-8,10,14H,3,6,9,11-12H2. The number of hydrogen-bond donors (Lipinski definition) is 0. The van der Waals surface area contributed by atoms with Crippen LogP contribution in [0.4, 0.5) is 0 Å². The molecule has 0 bridgehead atoms. The summed E-state index contributed by atoms with van der Waals surface area (Å²) in [6.45, 7) is 2.87. The molecule has 0 radical (unpaired) electrons. The monoisotopic (exact) mass is 359 g/mol. The molecule has 4 rings (SSSR count). The van der Waals surface area contributed by atoms with Crippen molar-refractivity contribution in [2.45, 2.75) is 25.3 Å². The van der Waals surface area contributed by atoms with Crippen LogP contribution in [0.15, 0.2) is 46.2 Å². The highest BCUT2D eigenvalue weighted by Crippen LogP contribution is 2.31. The Morgan fingerprint density at radius 3 is 2.96 bits per heavy atom. The molecular weight excluding hydrogens is 342 g/mol. The summed E-state index contributed by atoms with van der Waals surface area (Å²) in [5, 5.41) is 11.4. The number of piperidine rings is 1. The SMILES string of the molecule is Clc1ccccc1CN1CCCC(c2nnc(-c3cccs3)o2)C1. The van der Waals surface area contributed by atoms with E-state index in [9.17, 15) is 0 Å². The van der Waals surface area contributed by atoms with Gasteiger partial charge in [0.05, 0.1) is 10.8 Å². The minimum absolute atomic E-state index is 0.294. The molecule has 4 nitrogen and oxygen atoms in total. The van der Waals surface area contributed by atoms with Crippen molar-refractivity contribution >= 4 is 22.9 Å². The molecule has 0 N–H and O–H groups in total.